The number of benzene rings is 1. The van der Waals surface area contributed by atoms with Crippen molar-refractivity contribution in [1.29, 1.82) is 0 Å². The fourth-order valence-electron chi connectivity index (χ4n) is 2.66. The van der Waals surface area contributed by atoms with Crippen LogP contribution in [0.1, 0.15) is 37.3 Å². The maximum atomic E-state index is 5.85. The minimum absolute atomic E-state index is 0.423. The first-order valence-corrected chi connectivity index (χ1v) is 7.27. The van der Waals surface area contributed by atoms with Crippen LogP contribution in [0, 0.1) is 5.41 Å². The summed E-state index contributed by atoms with van der Waals surface area (Å²) in [5, 5.41) is 3.58. The van der Waals surface area contributed by atoms with Crippen LogP contribution >= 0.6 is 0 Å². The Balaban J connectivity index is 1.68. The number of hydrogen-bond acceptors (Lipinski definition) is 2. The van der Waals surface area contributed by atoms with Gasteiger partial charge >= 0.3 is 0 Å². The molecule has 0 amide bonds. The average molecular weight is 246 g/mol. The van der Waals surface area contributed by atoms with E-state index in [9.17, 15) is 0 Å². The predicted octanol–water partition coefficient (Wildman–Crippen LogP) is 2.51. The highest BCUT2D eigenvalue weighted by Crippen LogP contribution is 2.38. The molecule has 2 heteroatoms. The lowest BCUT2D eigenvalue weighted by molar-refractivity contribution is 0.141. The average Bonchev–Trinajstić information content (AvgIpc) is 2.38. The minimum Gasteiger partial charge on any atom is -0.330 e. The third-order valence-corrected chi connectivity index (χ3v) is 4.37. The predicted molar refractivity (Wildman–Crippen MR) is 77.7 cm³/mol. The largest absolute Gasteiger partial charge is 0.330 e. The van der Waals surface area contributed by atoms with Crippen molar-refractivity contribution < 1.29 is 0 Å². The van der Waals surface area contributed by atoms with Crippen LogP contribution in [-0.4, -0.2) is 19.6 Å². The van der Waals surface area contributed by atoms with Crippen molar-refractivity contribution in [1.82, 2.24) is 5.32 Å². The van der Waals surface area contributed by atoms with Crippen molar-refractivity contribution in [3.8, 4) is 0 Å². The zero-order valence-electron chi connectivity index (χ0n) is 11.5. The molecular formula is C16H26N2. The van der Waals surface area contributed by atoms with E-state index in [-0.39, 0.29) is 0 Å². The van der Waals surface area contributed by atoms with E-state index >= 15 is 0 Å². The van der Waals surface area contributed by atoms with Crippen molar-refractivity contribution in [3.63, 3.8) is 0 Å². The van der Waals surface area contributed by atoms with E-state index in [4.69, 9.17) is 5.73 Å². The monoisotopic (exact) mass is 246 g/mol. The SMILES string of the molecule is CCc1ccc(CCNCC2(CN)CCC2)cc1. The summed E-state index contributed by atoms with van der Waals surface area (Å²) in [4.78, 5) is 0. The van der Waals surface area contributed by atoms with Crippen molar-refractivity contribution in [3.05, 3.63) is 35.4 Å². The molecule has 1 saturated carbocycles. The zero-order chi connectivity index (χ0) is 12.8. The Hall–Kier alpha value is -0.860. The molecule has 100 valence electrons. The molecule has 0 atom stereocenters. The molecule has 1 aliphatic carbocycles. The number of hydrogen-bond donors (Lipinski definition) is 2. The molecule has 0 unspecified atom stereocenters. The molecular weight excluding hydrogens is 220 g/mol. The molecule has 0 radical (unpaired) electrons. The van der Waals surface area contributed by atoms with Gasteiger partial charge in [0.1, 0.15) is 0 Å². The topological polar surface area (TPSA) is 38.0 Å². The van der Waals surface area contributed by atoms with Crippen molar-refractivity contribution in [2.75, 3.05) is 19.6 Å². The lowest BCUT2D eigenvalue weighted by atomic mass is 9.69. The van der Waals surface area contributed by atoms with Gasteiger partial charge in [-0.3, -0.25) is 0 Å². The Morgan fingerprint density at radius 2 is 1.83 bits per heavy atom. The standard InChI is InChI=1S/C16H26N2/c1-2-14-4-6-15(7-5-14)8-11-18-13-16(12-17)9-3-10-16/h4-7,18H,2-3,8-13,17H2,1H3. The quantitative estimate of drug-likeness (QED) is 0.726. The maximum absolute atomic E-state index is 5.85. The zero-order valence-corrected chi connectivity index (χ0v) is 11.5. The maximum Gasteiger partial charge on any atom is 0.00200 e. The van der Waals surface area contributed by atoms with Gasteiger partial charge in [-0.1, -0.05) is 37.6 Å². The van der Waals surface area contributed by atoms with Crippen LogP contribution in [0.4, 0.5) is 0 Å². The number of aryl methyl sites for hydroxylation is 1. The summed E-state index contributed by atoms with van der Waals surface area (Å²) in [6.45, 7) is 5.19. The van der Waals surface area contributed by atoms with E-state index in [0.29, 0.717) is 5.41 Å². The molecule has 0 aromatic heterocycles. The first-order valence-electron chi connectivity index (χ1n) is 7.27. The second-order valence-electron chi connectivity index (χ2n) is 5.65. The normalized spacial score (nSPS) is 17.4. The van der Waals surface area contributed by atoms with Gasteiger partial charge in [0.05, 0.1) is 0 Å². The van der Waals surface area contributed by atoms with Crippen molar-refractivity contribution in [2.24, 2.45) is 11.1 Å². The molecule has 1 fully saturated rings. The molecule has 1 aromatic rings. The Morgan fingerprint density at radius 1 is 1.17 bits per heavy atom. The van der Waals surface area contributed by atoms with Gasteiger partial charge in [0.2, 0.25) is 0 Å². The summed E-state index contributed by atoms with van der Waals surface area (Å²) < 4.78 is 0. The van der Waals surface area contributed by atoms with E-state index in [1.807, 2.05) is 0 Å². The van der Waals surface area contributed by atoms with Crippen LogP contribution in [0.2, 0.25) is 0 Å². The van der Waals surface area contributed by atoms with Gasteiger partial charge in [0, 0.05) is 6.54 Å². The molecule has 2 rings (SSSR count). The lowest BCUT2D eigenvalue weighted by Crippen LogP contribution is -2.45. The second kappa shape index (κ2) is 6.35. The summed E-state index contributed by atoms with van der Waals surface area (Å²) in [6, 6.07) is 8.98. The molecule has 2 nitrogen and oxygen atoms in total. The van der Waals surface area contributed by atoms with E-state index in [2.05, 4.69) is 36.5 Å². The van der Waals surface area contributed by atoms with Crippen LogP contribution in [0.5, 0.6) is 0 Å². The Morgan fingerprint density at radius 3 is 2.33 bits per heavy atom. The Kier molecular flexibility index (Phi) is 4.79. The van der Waals surface area contributed by atoms with Gasteiger partial charge in [0.15, 0.2) is 0 Å². The first-order chi connectivity index (χ1) is 8.78. The van der Waals surface area contributed by atoms with Crippen LogP contribution < -0.4 is 11.1 Å². The number of nitrogens with one attached hydrogen (secondary N) is 1. The van der Waals surface area contributed by atoms with Crippen LogP contribution in [0.3, 0.4) is 0 Å². The molecule has 3 N–H and O–H groups in total. The fourth-order valence-corrected chi connectivity index (χ4v) is 2.66. The molecule has 0 heterocycles. The Bertz CT molecular complexity index is 346. The summed E-state index contributed by atoms with van der Waals surface area (Å²) in [5.74, 6) is 0. The summed E-state index contributed by atoms with van der Waals surface area (Å²) in [6.07, 6.45) is 6.21. The number of nitrogens with two attached hydrogens (primary N) is 1. The van der Waals surface area contributed by atoms with Gasteiger partial charge in [-0.05, 0) is 55.3 Å². The van der Waals surface area contributed by atoms with Gasteiger partial charge < -0.3 is 11.1 Å². The second-order valence-corrected chi connectivity index (χ2v) is 5.65. The van der Waals surface area contributed by atoms with E-state index < -0.39 is 0 Å². The van der Waals surface area contributed by atoms with Crippen LogP contribution in [0.25, 0.3) is 0 Å². The highest BCUT2D eigenvalue weighted by atomic mass is 14.9. The van der Waals surface area contributed by atoms with Crippen molar-refractivity contribution >= 4 is 0 Å². The summed E-state index contributed by atoms with van der Waals surface area (Å²) >= 11 is 0. The third-order valence-electron chi connectivity index (χ3n) is 4.37. The summed E-state index contributed by atoms with van der Waals surface area (Å²) in [7, 11) is 0. The Labute approximate surface area is 111 Å². The lowest BCUT2D eigenvalue weighted by Gasteiger charge is -2.41. The molecule has 1 aromatic carbocycles. The summed E-state index contributed by atoms with van der Waals surface area (Å²) in [5.41, 5.74) is 9.12. The number of rotatable bonds is 7. The minimum atomic E-state index is 0.423. The van der Waals surface area contributed by atoms with Gasteiger partial charge in [-0.15, -0.1) is 0 Å². The van der Waals surface area contributed by atoms with Crippen molar-refractivity contribution in [2.45, 2.75) is 39.0 Å². The van der Waals surface area contributed by atoms with Gasteiger partial charge in [-0.2, -0.15) is 0 Å². The van der Waals surface area contributed by atoms with Crippen LogP contribution in [0.15, 0.2) is 24.3 Å². The highest BCUT2D eigenvalue weighted by Gasteiger charge is 2.34. The third kappa shape index (κ3) is 3.33. The highest BCUT2D eigenvalue weighted by molar-refractivity contribution is 5.22. The first kappa shape index (κ1) is 13.6. The molecule has 0 bridgehead atoms. The van der Waals surface area contributed by atoms with E-state index in [0.717, 1.165) is 32.5 Å². The van der Waals surface area contributed by atoms with Gasteiger partial charge in [-0.25, -0.2) is 0 Å². The van der Waals surface area contributed by atoms with Gasteiger partial charge in [0.25, 0.3) is 0 Å². The molecule has 1 aliphatic rings. The van der Waals surface area contributed by atoms with E-state index in [1.165, 1.54) is 30.4 Å². The van der Waals surface area contributed by atoms with E-state index in [1.54, 1.807) is 0 Å². The smallest absolute Gasteiger partial charge is 0.00200 e. The molecule has 0 spiro atoms. The molecule has 0 aliphatic heterocycles. The molecule has 0 saturated heterocycles. The van der Waals surface area contributed by atoms with Crippen LogP contribution in [-0.2, 0) is 12.8 Å². The molecule has 18 heavy (non-hydrogen) atoms. The fraction of sp³-hybridized carbons (Fsp3) is 0.625.